The molecule has 21 heavy (non-hydrogen) atoms. The molecular weight excluding hydrogens is 357 g/mol. The molecule has 0 fully saturated rings. The van der Waals surface area contributed by atoms with Crippen LogP contribution in [-0.4, -0.2) is 17.6 Å². The molecule has 112 valence electrons. The Bertz CT molecular complexity index is 656. The van der Waals surface area contributed by atoms with Crippen molar-refractivity contribution in [3.05, 3.63) is 50.4 Å². The SMILES string of the molecule is CC(C)(CNc1ccc(C(=O)O)c(Br)c1F)c1cccs1. The summed E-state index contributed by atoms with van der Waals surface area (Å²) in [4.78, 5) is 12.1. The first-order valence-electron chi connectivity index (χ1n) is 6.32. The van der Waals surface area contributed by atoms with Gasteiger partial charge in [0.15, 0.2) is 5.82 Å². The average Bonchev–Trinajstić information content (AvgIpc) is 2.95. The lowest BCUT2D eigenvalue weighted by molar-refractivity contribution is 0.0695. The van der Waals surface area contributed by atoms with Gasteiger partial charge in [-0.3, -0.25) is 0 Å². The molecule has 0 unspecified atom stereocenters. The minimum Gasteiger partial charge on any atom is -0.478 e. The molecule has 0 aliphatic heterocycles. The normalized spacial score (nSPS) is 11.4. The fraction of sp³-hybridized carbons (Fsp3) is 0.267. The van der Waals surface area contributed by atoms with Crippen LogP contribution in [0.1, 0.15) is 29.1 Å². The summed E-state index contributed by atoms with van der Waals surface area (Å²) >= 11 is 4.66. The van der Waals surface area contributed by atoms with Gasteiger partial charge in [0.2, 0.25) is 0 Å². The third kappa shape index (κ3) is 3.44. The van der Waals surface area contributed by atoms with Gasteiger partial charge in [0.05, 0.1) is 15.7 Å². The molecule has 2 aromatic rings. The van der Waals surface area contributed by atoms with Gasteiger partial charge in [-0.05, 0) is 39.5 Å². The van der Waals surface area contributed by atoms with Crippen molar-refractivity contribution in [2.75, 3.05) is 11.9 Å². The molecule has 0 aliphatic rings. The molecule has 0 spiro atoms. The molecule has 1 heterocycles. The molecule has 0 bridgehead atoms. The summed E-state index contributed by atoms with van der Waals surface area (Å²) in [7, 11) is 0. The van der Waals surface area contributed by atoms with E-state index in [1.807, 2.05) is 17.5 Å². The maximum absolute atomic E-state index is 14.2. The van der Waals surface area contributed by atoms with Crippen LogP contribution in [0.3, 0.4) is 0 Å². The largest absolute Gasteiger partial charge is 0.478 e. The maximum atomic E-state index is 14.2. The maximum Gasteiger partial charge on any atom is 0.336 e. The number of benzene rings is 1. The third-order valence-electron chi connectivity index (χ3n) is 3.22. The Hall–Kier alpha value is -1.40. The minimum absolute atomic E-state index is 0.0334. The molecule has 1 aromatic heterocycles. The van der Waals surface area contributed by atoms with Crippen molar-refractivity contribution in [3.63, 3.8) is 0 Å². The fourth-order valence-corrected chi connectivity index (χ4v) is 3.29. The first-order valence-corrected chi connectivity index (χ1v) is 7.99. The molecule has 0 aliphatic carbocycles. The fourth-order valence-electron chi connectivity index (χ4n) is 1.92. The zero-order valence-electron chi connectivity index (χ0n) is 11.6. The number of rotatable bonds is 5. The second-order valence-electron chi connectivity index (χ2n) is 5.31. The Labute approximate surface area is 134 Å². The molecule has 1 aromatic carbocycles. The van der Waals surface area contributed by atoms with Gasteiger partial charge in [0.25, 0.3) is 0 Å². The van der Waals surface area contributed by atoms with Crippen LogP contribution in [0.2, 0.25) is 0 Å². The zero-order chi connectivity index (χ0) is 15.6. The minimum atomic E-state index is -1.16. The van der Waals surface area contributed by atoms with Crippen molar-refractivity contribution < 1.29 is 14.3 Å². The number of aromatic carboxylic acids is 1. The molecule has 2 N–H and O–H groups in total. The Morgan fingerprint density at radius 2 is 2.14 bits per heavy atom. The van der Waals surface area contributed by atoms with E-state index in [4.69, 9.17) is 5.11 Å². The predicted octanol–water partition coefficient (Wildman–Crippen LogP) is 4.74. The van der Waals surface area contributed by atoms with Gasteiger partial charge >= 0.3 is 5.97 Å². The van der Waals surface area contributed by atoms with E-state index in [0.717, 1.165) is 0 Å². The number of anilines is 1. The second kappa shape index (κ2) is 6.15. The smallest absolute Gasteiger partial charge is 0.336 e. The quantitative estimate of drug-likeness (QED) is 0.797. The lowest BCUT2D eigenvalue weighted by Crippen LogP contribution is -2.27. The summed E-state index contributed by atoms with van der Waals surface area (Å²) in [6.07, 6.45) is 0. The summed E-state index contributed by atoms with van der Waals surface area (Å²) in [5.74, 6) is -1.75. The second-order valence-corrected chi connectivity index (χ2v) is 7.05. The molecule has 0 saturated heterocycles. The number of carboxylic acids is 1. The highest BCUT2D eigenvalue weighted by Crippen LogP contribution is 2.30. The van der Waals surface area contributed by atoms with Crippen LogP contribution in [-0.2, 0) is 5.41 Å². The first kappa shape index (κ1) is 16.0. The predicted molar refractivity (Wildman–Crippen MR) is 86.9 cm³/mol. The lowest BCUT2D eigenvalue weighted by Gasteiger charge is -2.24. The molecule has 0 radical (unpaired) electrons. The molecular formula is C15H15BrFNO2S. The van der Waals surface area contributed by atoms with Gasteiger partial charge in [-0.1, -0.05) is 19.9 Å². The van der Waals surface area contributed by atoms with Gasteiger partial charge in [-0.25, -0.2) is 9.18 Å². The Kier molecular flexibility index (Phi) is 4.68. The number of hydrogen-bond donors (Lipinski definition) is 2. The van der Waals surface area contributed by atoms with E-state index in [0.29, 0.717) is 6.54 Å². The summed E-state index contributed by atoms with van der Waals surface area (Å²) in [6, 6.07) is 6.87. The number of carbonyl (C=O) groups is 1. The van der Waals surface area contributed by atoms with Crippen molar-refractivity contribution in [2.45, 2.75) is 19.3 Å². The van der Waals surface area contributed by atoms with Crippen molar-refractivity contribution in [3.8, 4) is 0 Å². The van der Waals surface area contributed by atoms with Gasteiger partial charge in [-0.2, -0.15) is 0 Å². The topological polar surface area (TPSA) is 49.3 Å². The lowest BCUT2D eigenvalue weighted by atomic mass is 9.91. The van der Waals surface area contributed by atoms with Gasteiger partial charge < -0.3 is 10.4 Å². The van der Waals surface area contributed by atoms with E-state index >= 15 is 0 Å². The van der Waals surface area contributed by atoms with E-state index in [2.05, 4.69) is 35.1 Å². The molecule has 0 amide bonds. The van der Waals surface area contributed by atoms with Crippen LogP contribution < -0.4 is 5.32 Å². The summed E-state index contributed by atoms with van der Waals surface area (Å²) in [5.41, 5.74) is 0.0607. The third-order valence-corrected chi connectivity index (χ3v) is 5.23. The van der Waals surface area contributed by atoms with E-state index in [1.54, 1.807) is 11.3 Å². The Morgan fingerprint density at radius 1 is 1.43 bits per heavy atom. The molecule has 3 nitrogen and oxygen atoms in total. The van der Waals surface area contributed by atoms with Crippen LogP contribution in [0.4, 0.5) is 10.1 Å². The van der Waals surface area contributed by atoms with Crippen molar-refractivity contribution in [1.29, 1.82) is 0 Å². The summed E-state index contributed by atoms with van der Waals surface area (Å²) in [5, 5.41) is 14.0. The van der Waals surface area contributed by atoms with Crippen molar-refractivity contribution >= 4 is 38.9 Å². The highest BCUT2D eigenvalue weighted by molar-refractivity contribution is 9.10. The first-order chi connectivity index (χ1) is 9.83. The highest BCUT2D eigenvalue weighted by Gasteiger charge is 2.23. The average molecular weight is 372 g/mol. The van der Waals surface area contributed by atoms with E-state index in [9.17, 15) is 9.18 Å². The van der Waals surface area contributed by atoms with Gasteiger partial charge in [0.1, 0.15) is 0 Å². The van der Waals surface area contributed by atoms with Crippen molar-refractivity contribution in [1.82, 2.24) is 0 Å². The standard InChI is InChI=1S/C15H15BrFNO2S/c1-15(2,11-4-3-7-21-11)8-18-10-6-5-9(14(19)20)12(16)13(10)17/h3-7,18H,8H2,1-2H3,(H,19,20). The van der Waals surface area contributed by atoms with Crippen molar-refractivity contribution in [2.24, 2.45) is 0 Å². The molecule has 0 atom stereocenters. The molecule has 6 heteroatoms. The Morgan fingerprint density at radius 3 is 2.71 bits per heavy atom. The van der Waals surface area contributed by atoms with Gasteiger partial charge in [0, 0.05) is 16.8 Å². The summed E-state index contributed by atoms with van der Waals surface area (Å²) < 4.78 is 14.1. The van der Waals surface area contributed by atoms with Crippen LogP contribution in [0.15, 0.2) is 34.1 Å². The highest BCUT2D eigenvalue weighted by atomic mass is 79.9. The number of carboxylic acid groups (broad SMARTS) is 1. The zero-order valence-corrected chi connectivity index (χ0v) is 14.0. The number of halogens is 2. The number of thiophene rings is 1. The van der Waals surface area contributed by atoms with E-state index in [1.165, 1.54) is 17.0 Å². The Balaban J connectivity index is 2.18. The molecule has 2 rings (SSSR count). The van der Waals surface area contributed by atoms with Crippen LogP contribution in [0.25, 0.3) is 0 Å². The monoisotopic (exact) mass is 371 g/mol. The van der Waals surface area contributed by atoms with E-state index in [-0.39, 0.29) is 21.1 Å². The van der Waals surface area contributed by atoms with Crippen LogP contribution in [0, 0.1) is 5.82 Å². The van der Waals surface area contributed by atoms with E-state index < -0.39 is 11.8 Å². The van der Waals surface area contributed by atoms with Crippen LogP contribution >= 0.6 is 27.3 Å². The molecule has 0 saturated carbocycles. The van der Waals surface area contributed by atoms with Gasteiger partial charge in [-0.15, -0.1) is 11.3 Å². The number of nitrogens with one attached hydrogen (secondary N) is 1. The number of hydrogen-bond acceptors (Lipinski definition) is 3. The summed E-state index contributed by atoms with van der Waals surface area (Å²) in [6.45, 7) is 4.69. The van der Waals surface area contributed by atoms with Crippen LogP contribution in [0.5, 0.6) is 0 Å².